The number of carbonyl (C=O) groups excluding carboxylic acids is 3. The molecule has 0 radical (unpaired) electrons. The molecular weight excluding hydrogens is 540 g/mol. The lowest BCUT2D eigenvalue weighted by molar-refractivity contribution is -0.142. The number of aliphatic hydroxyl groups excluding tert-OH is 1. The minimum atomic E-state index is -1.45. The third kappa shape index (κ3) is 13.8. The summed E-state index contributed by atoms with van der Waals surface area (Å²) in [6.07, 6.45) is 0.691. The Morgan fingerprint density at radius 3 is 1.76 bits per heavy atom. The molecule has 1 aromatic rings. The lowest BCUT2D eigenvalue weighted by Crippen LogP contribution is -2.58. The van der Waals surface area contributed by atoms with Crippen LogP contribution in [0, 0.1) is 0 Å². The van der Waals surface area contributed by atoms with Crippen LogP contribution in [-0.2, 0) is 25.6 Å². The van der Waals surface area contributed by atoms with Crippen LogP contribution < -0.4 is 44.6 Å². The molecule has 0 fully saturated rings. The van der Waals surface area contributed by atoms with Gasteiger partial charge < -0.3 is 59.9 Å². The minimum absolute atomic E-state index is 0.00367. The van der Waals surface area contributed by atoms with Crippen molar-refractivity contribution in [3.8, 4) is 5.75 Å². The Labute approximate surface area is 236 Å². The number of benzene rings is 1. The Morgan fingerprint density at radius 2 is 1.24 bits per heavy atom. The van der Waals surface area contributed by atoms with Crippen molar-refractivity contribution in [2.75, 3.05) is 19.7 Å². The van der Waals surface area contributed by atoms with E-state index in [9.17, 15) is 34.5 Å². The molecule has 0 aliphatic heterocycles. The largest absolute Gasteiger partial charge is 0.508 e. The highest BCUT2D eigenvalue weighted by atomic mass is 16.4. The van der Waals surface area contributed by atoms with Gasteiger partial charge in [0.15, 0.2) is 11.9 Å². The number of hydrogen-bond donors (Lipinski definition) is 11. The summed E-state index contributed by atoms with van der Waals surface area (Å²) in [6.45, 7) is -0.445. The number of aliphatic imine (C=N–C) groups is 2. The Kier molecular flexibility index (Phi) is 15.0. The molecule has 228 valence electrons. The summed E-state index contributed by atoms with van der Waals surface area (Å²) in [6, 6.07) is 0.654. The molecule has 41 heavy (non-hydrogen) atoms. The average molecular weight is 581 g/mol. The van der Waals surface area contributed by atoms with Crippen LogP contribution in [0.15, 0.2) is 34.3 Å². The van der Waals surface area contributed by atoms with Crippen LogP contribution in [0.5, 0.6) is 5.75 Å². The predicted molar refractivity (Wildman–Crippen MR) is 150 cm³/mol. The number of amides is 3. The number of nitrogens with one attached hydrogen (secondary N) is 3. The summed E-state index contributed by atoms with van der Waals surface area (Å²) in [4.78, 5) is 57.9. The number of phenolic OH excluding ortho intramolecular Hbond substituents is 1. The van der Waals surface area contributed by atoms with Crippen molar-refractivity contribution in [1.82, 2.24) is 16.0 Å². The van der Waals surface area contributed by atoms with Gasteiger partial charge in [-0.3, -0.25) is 24.4 Å². The van der Waals surface area contributed by atoms with E-state index >= 15 is 0 Å². The fourth-order valence-electron chi connectivity index (χ4n) is 3.51. The Hall–Kier alpha value is -4.64. The zero-order chi connectivity index (χ0) is 30.9. The Balaban J connectivity index is 2.93. The summed E-state index contributed by atoms with van der Waals surface area (Å²) in [5.74, 6) is -4.07. The van der Waals surface area contributed by atoms with E-state index in [-0.39, 0.29) is 56.4 Å². The van der Waals surface area contributed by atoms with Crippen molar-refractivity contribution < 1.29 is 34.5 Å². The Morgan fingerprint density at radius 1 is 0.756 bits per heavy atom. The van der Waals surface area contributed by atoms with Crippen molar-refractivity contribution in [3.63, 3.8) is 0 Å². The molecule has 0 saturated carbocycles. The molecule has 0 aromatic heterocycles. The number of hydrogen-bond acceptors (Lipinski definition) is 9. The van der Waals surface area contributed by atoms with E-state index in [0.29, 0.717) is 12.0 Å². The maximum absolute atomic E-state index is 13.1. The quantitative estimate of drug-likeness (QED) is 0.0448. The molecule has 0 aliphatic carbocycles. The van der Waals surface area contributed by atoms with Gasteiger partial charge in [0.1, 0.15) is 23.9 Å². The van der Waals surface area contributed by atoms with Crippen molar-refractivity contribution in [2.24, 2.45) is 38.7 Å². The standard InChI is InChI=1S/C24H40N10O7/c25-15(3-1-9-30-23(26)27)19(37)34-18(12-35)21(39)32-16(4-2-10-31-24(28)29)20(38)33-17(22(40)41)11-13-5-7-14(36)8-6-13/h5-8,15-18,35-36H,1-4,9-12,25H2,(H,32,39)(H,33,38)(H,34,37)(H,40,41)(H4,26,27,30)(H4,28,29,31). The van der Waals surface area contributed by atoms with Gasteiger partial charge in [0.25, 0.3) is 0 Å². The molecule has 0 saturated heterocycles. The van der Waals surface area contributed by atoms with E-state index in [0.717, 1.165) is 0 Å². The second kappa shape index (κ2) is 17.9. The van der Waals surface area contributed by atoms with Gasteiger partial charge in [-0.25, -0.2) is 4.79 Å². The predicted octanol–water partition coefficient (Wildman–Crippen LogP) is -4.10. The second-order valence-corrected chi connectivity index (χ2v) is 9.08. The topological polar surface area (TPSA) is 320 Å². The van der Waals surface area contributed by atoms with Crippen molar-refractivity contribution >= 4 is 35.6 Å². The number of nitrogens with zero attached hydrogens (tertiary/aromatic N) is 2. The van der Waals surface area contributed by atoms with Crippen LogP contribution in [0.25, 0.3) is 0 Å². The fraction of sp³-hybridized carbons (Fsp3) is 0.500. The number of carboxylic acid groups (broad SMARTS) is 1. The number of rotatable bonds is 18. The van der Waals surface area contributed by atoms with Crippen LogP contribution in [0.4, 0.5) is 0 Å². The minimum Gasteiger partial charge on any atom is -0.508 e. The molecule has 1 aromatic carbocycles. The highest BCUT2D eigenvalue weighted by Gasteiger charge is 2.30. The molecule has 17 nitrogen and oxygen atoms in total. The van der Waals surface area contributed by atoms with Crippen LogP contribution in [0.1, 0.15) is 31.2 Å². The normalized spacial score (nSPS) is 13.5. The number of aromatic hydroxyl groups is 1. The van der Waals surface area contributed by atoms with Gasteiger partial charge in [0.2, 0.25) is 17.7 Å². The van der Waals surface area contributed by atoms with Gasteiger partial charge in [0, 0.05) is 19.5 Å². The molecule has 1 rings (SSSR count). The third-order valence-corrected chi connectivity index (χ3v) is 5.69. The molecule has 0 heterocycles. The van der Waals surface area contributed by atoms with Crippen LogP contribution in [0.3, 0.4) is 0 Å². The van der Waals surface area contributed by atoms with Gasteiger partial charge in [0.05, 0.1) is 12.6 Å². The summed E-state index contributed by atoms with van der Waals surface area (Å²) in [5, 5.41) is 36.0. The number of carbonyl (C=O) groups is 4. The van der Waals surface area contributed by atoms with Gasteiger partial charge in [-0.2, -0.15) is 0 Å². The van der Waals surface area contributed by atoms with Crippen LogP contribution in [0.2, 0.25) is 0 Å². The van der Waals surface area contributed by atoms with Crippen molar-refractivity contribution in [2.45, 2.75) is 56.3 Å². The van der Waals surface area contributed by atoms with E-state index in [4.69, 9.17) is 28.7 Å². The second-order valence-electron chi connectivity index (χ2n) is 9.08. The molecule has 0 aliphatic rings. The van der Waals surface area contributed by atoms with Gasteiger partial charge >= 0.3 is 5.97 Å². The number of nitrogens with two attached hydrogens (primary N) is 5. The molecule has 3 amide bonds. The fourth-order valence-corrected chi connectivity index (χ4v) is 3.51. The first-order valence-corrected chi connectivity index (χ1v) is 12.7. The average Bonchev–Trinajstić information content (AvgIpc) is 2.91. The highest BCUT2D eigenvalue weighted by Crippen LogP contribution is 2.12. The van der Waals surface area contributed by atoms with Crippen LogP contribution >= 0.6 is 0 Å². The van der Waals surface area contributed by atoms with Crippen molar-refractivity contribution in [3.05, 3.63) is 29.8 Å². The molecule has 4 unspecified atom stereocenters. The number of guanidine groups is 2. The van der Waals surface area contributed by atoms with Gasteiger partial charge in [-0.05, 0) is 43.4 Å². The molecule has 16 N–H and O–H groups in total. The number of carboxylic acids is 1. The van der Waals surface area contributed by atoms with Crippen molar-refractivity contribution in [1.29, 1.82) is 0 Å². The van der Waals surface area contributed by atoms with Crippen LogP contribution in [-0.4, -0.2) is 94.8 Å². The van der Waals surface area contributed by atoms with E-state index < -0.39 is 54.5 Å². The lowest BCUT2D eigenvalue weighted by Gasteiger charge is -2.24. The molecule has 0 spiro atoms. The molecule has 4 atom stereocenters. The summed E-state index contributed by atoms with van der Waals surface area (Å²) < 4.78 is 0. The summed E-state index contributed by atoms with van der Waals surface area (Å²) in [5.41, 5.74) is 27.5. The third-order valence-electron chi connectivity index (χ3n) is 5.69. The molecule has 0 bridgehead atoms. The first-order valence-electron chi connectivity index (χ1n) is 12.7. The SMILES string of the molecule is NC(N)=NCCCC(N)C(=O)NC(CO)C(=O)NC(CCCN=C(N)N)C(=O)NC(Cc1ccc(O)cc1)C(=O)O. The van der Waals surface area contributed by atoms with E-state index in [1.54, 1.807) is 0 Å². The maximum Gasteiger partial charge on any atom is 0.326 e. The number of phenols is 1. The summed E-state index contributed by atoms with van der Waals surface area (Å²) in [7, 11) is 0. The lowest BCUT2D eigenvalue weighted by atomic mass is 10.0. The molecular formula is C24H40N10O7. The number of aliphatic hydroxyl groups is 1. The Bertz CT molecular complexity index is 1070. The monoisotopic (exact) mass is 580 g/mol. The summed E-state index contributed by atoms with van der Waals surface area (Å²) >= 11 is 0. The zero-order valence-electron chi connectivity index (χ0n) is 22.5. The molecule has 17 heteroatoms. The van der Waals surface area contributed by atoms with E-state index in [1.807, 2.05) is 0 Å². The van der Waals surface area contributed by atoms with E-state index in [2.05, 4.69) is 25.9 Å². The van der Waals surface area contributed by atoms with E-state index in [1.165, 1.54) is 24.3 Å². The number of aliphatic carboxylic acids is 1. The van der Waals surface area contributed by atoms with Gasteiger partial charge in [-0.15, -0.1) is 0 Å². The maximum atomic E-state index is 13.1. The smallest absolute Gasteiger partial charge is 0.326 e. The zero-order valence-corrected chi connectivity index (χ0v) is 22.5. The van der Waals surface area contributed by atoms with Gasteiger partial charge in [-0.1, -0.05) is 12.1 Å². The first kappa shape index (κ1) is 34.4. The first-order chi connectivity index (χ1) is 19.3. The highest BCUT2D eigenvalue weighted by molar-refractivity contribution is 5.94.